The quantitative estimate of drug-likeness (QED) is 0.0308. The number of hydrogen-bond donors (Lipinski definition) is 5. The molecule has 0 aromatic carbocycles. The largest absolute Gasteiger partial charge is 0.394 e. The minimum absolute atomic E-state index is 0.365. The van der Waals surface area contributed by atoms with Gasteiger partial charge in [0.25, 0.3) is 0 Å². The molecule has 0 aliphatic heterocycles. The fourth-order valence-electron chi connectivity index (χ4n) is 9.84. The summed E-state index contributed by atoms with van der Waals surface area (Å²) in [6.45, 7) is 4.07. The lowest BCUT2D eigenvalue weighted by Gasteiger charge is -2.27. The van der Waals surface area contributed by atoms with E-state index in [2.05, 4.69) is 43.5 Å². The van der Waals surface area contributed by atoms with Crippen LogP contribution in [0.15, 0.2) is 24.3 Å². The summed E-state index contributed by atoms with van der Waals surface area (Å²) in [5.74, 6) is -0.591. The predicted molar refractivity (Wildman–Crippen MR) is 298 cm³/mol. The van der Waals surface area contributed by atoms with Crippen LogP contribution in [0.4, 0.5) is 0 Å². The number of carbonyl (C=O) groups excluding carboxylic acids is 1. The van der Waals surface area contributed by atoms with Gasteiger partial charge in [-0.3, -0.25) is 4.79 Å². The van der Waals surface area contributed by atoms with Gasteiger partial charge in [0.05, 0.1) is 18.8 Å². The number of hydrogen-bond acceptors (Lipinski definition) is 5. The standard InChI is InChI=1S/C62H121NO5/c1-3-5-7-9-11-13-15-17-19-21-23-24-25-26-27-28-29-30-31-32-33-34-35-36-37-38-40-42-44-46-48-50-52-54-56-60(66)62(68)63-58(57-64)61(67)59(65)55-53-51-49-47-45-43-41-39-22-20-18-16-14-12-10-8-6-4-2/h39,41,47,49,58-61,64-67H,3-38,40,42-46,48,50-57H2,1-2H3,(H,63,68)/b41-39+,49-47+. The Morgan fingerprint density at radius 3 is 0.926 bits per heavy atom. The normalized spacial score (nSPS) is 13.8. The van der Waals surface area contributed by atoms with Crippen LogP contribution in [0, 0.1) is 0 Å². The first-order chi connectivity index (χ1) is 33.5. The van der Waals surface area contributed by atoms with Crippen LogP contribution in [0.1, 0.15) is 335 Å². The summed E-state index contributed by atoms with van der Waals surface area (Å²) in [7, 11) is 0. The van der Waals surface area contributed by atoms with Gasteiger partial charge in [0.1, 0.15) is 12.2 Å². The lowest BCUT2D eigenvalue weighted by atomic mass is 10.00. The highest BCUT2D eigenvalue weighted by atomic mass is 16.3. The number of amides is 1. The molecule has 4 unspecified atom stereocenters. The second-order valence-electron chi connectivity index (χ2n) is 21.4. The van der Waals surface area contributed by atoms with Crippen molar-refractivity contribution in [3.05, 3.63) is 24.3 Å². The van der Waals surface area contributed by atoms with E-state index in [4.69, 9.17) is 0 Å². The van der Waals surface area contributed by atoms with Gasteiger partial charge in [-0.05, 0) is 51.4 Å². The number of nitrogens with one attached hydrogen (secondary N) is 1. The average molecular weight is 961 g/mol. The summed E-state index contributed by atoms with van der Waals surface area (Å²) < 4.78 is 0. The van der Waals surface area contributed by atoms with E-state index in [1.807, 2.05) is 0 Å². The zero-order chi connectivity index (χ0) is 49.5. The molecule has 0 saturated carbocycles. The SMILES string of the molecule is CCCCCCCCCCC/C=C/CC/C=C/CCCC(O)C(O)C(CO)NC(=O)C(O)CCCCCCCCCCCCCCCCCCCCCCCCCCCCCCCCCCCC. The second kappa shape index (κ2) is 56.7. The Hall–Kier alpha value is -1.21. The molecule has 0 saturated heterocycles. The van der Waals surface area contributed by atoms with E-state index in [-0.39, 0.29) is 0 Å². The second-order valence-corrected chi connectivity index (χ2v) is 21.4. The molecule has 0 aliphatic carbocycles. The van der Waals surface area contributed by atoms with Crippen LogP contribution in [-0.2, 0) is 4.79 Å². The maximum absolute atomic E-state index is 12.6. The molecular formula is C62H121NO5. The van der Waals surface area contributed by atoms with Gasteiger partial charge < -0.3 is 25.7 Å². The minimum atomic E-state index is -1.29. The van der Waals surface area contributed by atoms with Gasteiger partial charge in [-0.1, -0.05) is 308 Å². The van der Waals surface area contributed by atoms with Gasteiger partial charge in [-0.25, -0.2) is 0 Å². The third kappa shape index (κ3) is 49.8. The highest BCUT2D eigenvalue weighted by Crippen LogP contribution is 2.18. The molecule has 5 N–H and O–H groups in total. The van der Waals surface area contributed by atoms with Crippen molar-refractivity contribution in [2.45, 2.75) is 359 Å². The van der Waals surface area contributed by atoms with E-state index >= 15 is 0 Å². The number of unbranched alkanes of at least 4 members (excludes halogenated alkanes) is 44. The van der Waals surface area contributed by atoms with Crippen molar-refractivity contribution in [2.24, 2.45) is 0 Å². The highest BCUT2D eigenvalue weighted by molar-refractivity contribution is 5.80. The Morgan fingerprint density at radius 1 is 0.353 bits per heavy atom. The zero-order valence-corrected chi connectivity index (χ0v) is 45.9. The van der Waals surface area contributed by atoms with Gasteiger partial charge in [0.2, 0.25) is 5.91 Å². The molecule has 0 fully saturated rings. The Kier molecular flexibility index (Phi) is 55.7. The van der Waals surface area contributed by atoms with E-state index in [9.17, 15) is 25.2 Å². The summed E-state index contributed by atoms with van der Waals surface area (Å²) in [5, 5.41) is 44.0. The molecular weight excluding hydrogens is 839 g/mol. The molecule has 0 aromatic rings. The van der Waals surface area contributed by atoms with E-state index in [1.54, 1.807) is 0 Å². The van der Waals surface area contributed by atoms with Crippen molar-refractivity contribution in [3.8, 4) is 0 Å². The van der Waals surface area contributed by atoms with Crippen LogP contribution in [-0.4, -0.2) is 57.3 Å². The van der Waals surface area contributed by atoms with Crippen molar-refractivity contribution in [2.75, 3.05) is 6.61 Å². The molecule has 0 radical (unpaired) electrons. The van der Waals surface area contributed by atoms with Crippen LogP contribution in [0.2, 0.25) is 0 Å². The number of allylic oxidation sites excluding steroid dienone is 4. The number of rotatable bonds is 57. The highest BCUT2D eigenvalue weighted by Gasteiger charge is 2.28. The molecule has 0 rings (SSSR count). The number of aliphatic hydroxyl groups excluding tert-OH is 4. The summed E-state index contributed by atoms with van der Waals surface area (Å²) in [4.78, 5) is 12.6. The van der Waals surface area contributed by atoms with Crippen molar-refractivity contribution < 1.29 is 25.2 Å². The third-order valence-corrected chi connectivity index (χ3v) is 14.6. The molecule has 404 valence electrons. The molecule has 0 heterocycles. The first kappa shape index (κ1) is 66.8. The summed E-state index contributed by atoms with van der Waals surface area (Å²) in [6, 6.07) is -1.01. The molecule has 4 atom stereocenters. The molecule has 0 aliphatic rings. The third-order valence-electron chi connectivity index (χ3n) is 14.6. The van der Waals surface area contributed by atoms with Gasteiger partial charge in [-0.15, -0.1) is 0 Å². The molecule has 0 bridgehead atoms. The van der Waals surface area contributed by atoms with E-state index in [0.717, 1.165) is 38.5 Å². The molecule has 6 heteroatoms. The Balaban J connectivity index is 3.55. The molecule has 0 spiro atoms. The van der Waals surface area contributed by atoms with Crippen LogP contribution in [0.3, 0.4) is 0 Å². The minimum Gasteiger partial charge on any atom is -0.394 e. The van der Waals surface area contributed by atoms with Crippen molar-refractivity contribution in [1.29, 1.82) is 0 Å². The van der Waals surface area contributed by atoms with E-state index in [0.29, 0.717) is 19.3 Å². The zero-order valence-electron chi connectivity index (χ0n) is 45.9. The predicted octanol–water partition coefficient (Wildman–Crippen LogP) is 18.2. The van der Waals surface area contributed by atoms with E-state index in [1.165, 1.54) is 263 Å². The lowest BCUT2D eigenvalue weighted by molar-refractivity contribution is -0.132. The maximum Gasteiger partial charge on any atom is 0.249 e. The Bertz CT molecular complexity index is 1030. The van der Waals surface area contributed by atoms with Gasteiger partial charge in [-0.2, -0.15) is 0 Å². The van der Waals surface area contributed by atoms with Crippen molar-refractivity contribution in [1.82, 2.24) is 5.32 Å². The van der Waals surface area contributed by atoms with Gasteiger partial charge in [0.15, 0.2) is 0 Å². The Labute approximate surface area is 425 Å². The maximum atomic E-state index is 12.6. The Morgan fingerprint density at radius 2 is 0.618 bits per heavy atom. The first-order valence-corrected chi connectivity index (χ1v) is 30.7. The first-order valence-electron chi connectivity index (χ1n) is 30.7. The van der Waals surface area contributed by atoms with Crippen LogP contribution in [0.5, 0.6) is 0 Å². The van der Waals surface area contributed by atoms with Crippen LogP contribution >= 0.6 is 0 Å². The topological polar surface area (TPSA) is 110 Å². The monoisotopic (exact) mass is 960 g/mol. The van der Waals surface area contributed by atoms with Gasteiger partial charge in [0, 0.05) is 0 Å². The summed E-state index contributed by atoms with van der Waals surface area (Å²) >= 11 is 0. The summed E-state index contributed by atoms with van der Waals surface area (Å²) in [5.41, 5.74) is 0. The number of aliphatic hydroxyl groups is 4. The fraction of sp³-hybridized carbons (Fsp3) is 0.919. The summed E-state index contributed by atoms with van der Waals surface area (Å²) in [6.07, 6.45) is 70.0. The van der Waals surface area contributed by atoms with Gasteiger partial charge >= 0.3 is 0 Å². The van der Waals surface area contributed by atoms with E-state index < -0.39 is 36.9 Å². The van der Waals surface area contributed by atoms with Crippen LogP contribution in [0.25, 0.3) is 0 Å². The molecule has 0 aromatic heterocycles. The fourth-order valence-corrected chi connectivity index (χ4v) is 9.84. The molecule has 68 heavy (non-hydrogen) atoms. The lowest BCUT2D eigenvalue weighted by Crippen LogP contribution is -2.53. The average Bonchev–Trinajstić information content (AvgIpc) is 3.34. The molecule has 1 amide bonds. The number of carbonyl (C=O) groups is 1. The van der Waals surface area contributed by atoms with Crippen LogP contribution < -0.4 is 5.32 Å². The van der Waals surface area contributed by atoms with Crippen molar-refractivity contribution >= 4 is 5.91 Å². The van der Waals surface area contributed by atoms with Crippen molar-refractivity contribution in [3.63, 3.8) is 0 Å². The smallest absolute Gasteiger partial charge is 0.249 e. The molecule has 6 nitrogen and oxygen atoms in total.